The molecule has 3 aromatic rings. The molecule has 9 heteroatoms. The third kappa shape index (κ3) is 3.31. The van der Waals surface area contributed by atoms with Crippen LogP contribution in [-0.2, 0) is 12.8 Å². The number of hydrogen-bond donors (Lipinski definition) is 1. The van der Waals surface area contributed by atoms with E-state index in [1.54, 1.807) is 0 Å². The molecule has 0 radical (unpaired) electrons. The molecule has 0 amide bonds. The molecule has 2 aromatic heterocycles. The van der Waals surface area contributed by atoms with Crippen LogP contribution in [0.3, 0.4) is 0 Å². The molecule has 142 valence electrons. The van der Waals surface area contributed by atoms with E-state index >= 15 is 0 Å². The van der Waals surface area contributed by atoms with E-state index in [4.69, 9.17) is 0 Å². The van der Waals surface area contributed by atoms with Crippen LogP contribution in [0.1, 0.15) is 23.3 Å². The fraction of sp³-hybridized carbons (Fsp3) is 0.333. The first kappa shape index (κ1) is 18.0. The van der Waals surface area contributed by atoms with Crippen LogP contribution >= 0.6 is 11.3 Å². The lowest BCUT2D eigenvalue weighted by Crippen LogP contribution is -2.33. The van der Waals surface area contributed by atoms with Crippen molar-refractivity contribution in [2.45, 2.75) is 38.2 Å². The van der Waals surface area contributed by atoms with Gasteiger partial charge in [0.1, 0.15) is 16.4 Å². The third-order valence-corrected chi connectivity index (χ3v) is 5.63. The molecular formula is C18H14F4N2O2S. The standard InChI is InChI=1S/C18H14F4N2O2S/c19-17(20)18(21,22)26-10-5-3-4-9(8-10)14-23-15(25)13-11-6-1-2-7-12(11)27-16(13)24-14/h3-5,8,17H,1-2,6-7H2,(H,23,24,25). The molecule has 4 nitrogen and oxygen atoms in total. The largest absolute Gasteiger partial charge is 0.461 e. The number of nitrogens with zero attached hydrogens (tertiary/aromatic N) is 1. The number of benzene rings is 1. The lowest BCUT2D eigenvalue weighted by molar-refractivity contribution is -0.253. The van der Waals surface area contributed by atoms with Crippen molar-refractivity contribution < 1.29 is 22.3 Å². The van der Waals surface area contributed by atoms with Crippen LogP contribution in [0, 0.1) is 0 Å². The number of aromatic amines is 1. The maximum atomic E-state index is 13.1. The molecule has 0 unspecified atom stereocenters. The Morgan fingerprint density at radius 1 is 1.22 bits per heavy atom. The summed E-state index contributed by atoms with van der Waals surface area (Å²) in [5.74, 6) is -0.261. The van der Waals surface area contributed by atoms with E-state index in [0.717, 1.165) is 48.3 Å². The summed E-state index contributed by atoms with van der Waals surface area (Å²) in [6.07, 6.45) is -4.70. The average Bonchev–Trinajstić information content (AvgIpc) is 3.00. The van der Waals surface area contributed by atoms with Crippen LogP contribution in [0.2, 0.25) is 0 Å². The van der Waals surface area contributed by atoms with Gasteiger partial charge >= 0.3 is 12.5 Å². The predicted octanol–water partition coefficient (Wildman–Crippen LogP) is 4.77. The number of hydrogen-bond acceptors (Lipinski definition) is 4. The van der Waals surface area contributed by atoms with Gasteiger partial charge in [-0.15, -0.1) is 11.3 Å². The van der Waals surface area contributed by atoms with E-state index in [1.165, 1.54) is 23.5 Å². The number of nitrogens with one attached hydrogen (secondary N) is 1. The van der Waals surface area contributed by atoms with E-state index in [1.807, 2.05) is 0 Å². The minimum Gasteiger partial charge on any atom is -0.428 e. The molecule has 2 heterocycles. The fourth-order valence-electron chi connectivity index (χ4n) is 3.21. The maximum absolute atomic E-state index is 13.1. The molecule has 0 saturated carbocycles. The second kappa shape index (κ2) is 6.63. The number of halogens is 4. The molecule has 1 aromatic carbocycles. The normalized spacial score (nSPS) is 14.6. The second-order valence-electron chi connectivity index (χ2n) is 6.30. The van der Waals surface area contributed by atoms with Crippen LogP contribution in [0.15, 0.2) is 29.1 Å². The van der Waals surface area contributed by atoms with E-state index in [9.17, 15) is 22.4 Å². The SMILES string of the molecule is O=c1[nH]c(-c2cccc(OC(F)(F)C(F)F)c2)nc2sc3c(c12)CCCC3. The van der Waals surface area contributed by atoms with E-state index in [0.29, 0.717) is 15.8 Å². The van der Waals surface area contributed by atoms with Crippen LogP contribution in [-0.4, -0.2) is 22.5 Å². The zero-order valence-electron chi connectivity index (χ0n) is 13.9. The van der Waals surface area contributed by atoms with E-state index in [2.05, 4.69) is 14.7 Å². The molecule has 27 heavy (non-hydrogen) atoms. The van der Waals surface area contributed by atoms with Gasteiger partial charge in [-0.25, -0.2) is 4.98 Å². The van der Waals surface area contributed by atoms with Crippen molar-refractivity contribution in [1.82, 2.24) is 9.97 Å². The van der Waals surface area contributed by atoms with Gasteiger partial charge in [-0.3, -0.25) is 4.79 Å². The van der Waals surface area contributed by atoms with Gasteiger partial charge in [-0.1, -0.05) is 12.1 Å². The van der Waals surface area contributed by atoms with Crippen molar-refractivity contribution in [3.63, 3.8) is 0 Å². The summed E-state index contributed by atoms with van der Waals surface area (Å²) in [6, 6.07) is 5.19. The number of aromatic nitrogens is 2. The Morgan fingerprint density at radius 2 is 2.00 bits per heavy atom. The third-order valence-electron chi connectivity index (χ3n) is 4.44. The summed E-state index contributed by atoms with van der Waals surface area (Å²) in [7, 11) is 0. The van der Waals surface area contributed by atoms with Crippen LogP contribution in [0.25, 0.3) is 21.6 Å². The summed E-state index contributed by atoms with van der Waals surface area (Å²) >= 11 is 1.46. The summed E-state index contributed by atoms with van der Waals surface area (Å²) < 4.78 is 55.0. The van der Waals surface area contributed by atoms with Gasteiger partial charge in [0.15, 0.2) is 0 Å². The van der Waals surface area contributed by atoms with Crippen molar-refractivity contribution in [2.75, 3.05) is 0 Å². The lowest BCUT2D eigenvalue weighted by atomic mass is 9.97. The Bertz CT molecular complexity index is 1060. The lowest BCUT2D eigenvalue weighted by Gasteiger charge is -2.17. The highest BCUT2D eigenvalue weighted by Crippen LogP contribution is 2.35. The zero-order valence-corrected chi connectivity index (χ0v) is 14.7. The Labute approximate surface area is 154 Å². The molecule has 0 aliphatic heterocycles. The first-order chi connectivity index (χ1) is 12.8. The quantitative estimate of drug-likeness (QED) is 0.645. The minimum absolute atomic E-state index is 0.178. The fourth-order valence-corrected chi connectivity index (χ4v) is 4.47. The summed E-state index contributed by atoms with van der Waals surface area (Å²) in [5.41, 5.74) is 1.04. The molecule has 0 bridgehead atoms. The van der Waals surface area contributed by atoms with Gasteiger partial charge < -0.3 is 9.72 Å². The molecule has 0 spiro atoms. The Morgan fingerprint density at radius 3 is 2.78 bits per heavy atom. The number of ether oxygens (including phenoxy) is 1. The summed E-state index contributed by atoms with van der Waals surface area (Å²) in [5, 5.41) is 0.579. The number of alkyl halides is 4. The number of thiophene rings is 1. The van der Waals surface area contributed by atoms with Gasteiger partial charge in [0.25, 0.3) is 5.56 Å². The summed E-state index contributed by atoms with van der Waals surface area (Å²) in [4.78, 5) is 21.4. The Balaban J connectivity index is 1.75. The van der Waals surface area contributed by atoms with Gasteiger partial charge in [0.05, 0.1) is 5.39 Å². The van der Waals surface area contributed by atoms with Gasteiger partial charge in [-0.2, -0.15) is 17.6 Å². The molecule has 1 N–H and O–H groups in total. The number of rotatable bonds is 4. The monoisotopic (exact) mass is 398 g/mol. The number of fused-ring (bicyclic) bond motifs is 3. The Kier molecular flexibility index (Phi) is 4.41. The molecular weight excluding hydrogens is 384 g/mol. The average molecular weight is 398 g/mol. The van der Waals surface area contributed by atoms with Crippen LogP contribution < -0.4 is 10.3 Å². The topological polar surface area (TPSA) is 55.0 Å². The van der Waals surface area contributed by atoms with Crippen molar-refractivity contribution in [3.8, 4) is 17.1 Å². The van der Waals surface area contributed by atoms with Gasteiger partial charge in [-0.05, 0) is 43.4 Å². The highest BCUT2D eigenvalue weighted by Gasteiger charge is 2.44. The zero-order chi connectivity index (χ0) is 19.2. The second-order valence-corrected chi connectivity index (χ2v) is 7.38. The molecule has 0 fully saturated rings. The Hall–Kier alpha value is -2.42. The van der Waals surface area contributed by atoms with Crippen molar-refractivity contribution in [2.24, 2.45) is 0 Å². The van der Waals surface area contributed by atoms with Crippen molar-refractivity contribution in [3.05, 3.63) is 45.1 Å². The smallest absolute Gasteiger partial charge is 0.428 e. The highest BCUT2D eigenvalue weighted by atomic mass is 32.1. The molecule has 0 saturated heterocycles. The number of aryl methyl sites for hydroxylation is 2. The number of H-pyrrole nitrogens is 1. The molecule has 0 atom stereocenters. The first-order valence-corrected chi connectivity index (χ1v) is 9.17. The van der Waals surface area contributed by atoms with E-state index < -0.39 is 18.3 Å². The van der Waals surface area contributed by atoms with E-state index in [-0.39, 0.29) is 11.4 Å². The maximum Gasteiger partial charge on any atom is 0.461 e. The van der Waals surface area contributed by atoms with Gasteiger partial charge in [0, 0.05) is 10.4 Å². The van der Waals surface area contributed by atoms with Crippen molar-refractivity contribution >= 4 is 21.6 Å². The van der Waals surface area contributed by atoms with Crippen LogP contribution in [0.4, 0.5) is 17.6 Å². The van der Waals surface area contributed by atoms with Crippen LogP contribution in [0.5, 0.6) is 5.75 Å². The first-order valence-electron chi connectivity index (χ1n) is 8.35. The van der Waals surface area contributed by atoms with Gasteiger partial charge in [0.2, 0.25) is 0 Å². The molecule has 1 aliphatic rings. The predicted molar refractivity (Wildman–Crippen MR) is 93.9 cm³/mol. The molecule has 1 aliphatic carbocycles. The highest BCUT2D eigenvalue weighted by molar-refractivity contribution is 7.18. The van der Waals surface area contributed by atoms with Crippen molar-refractivity contribution in [1.29, 1.82) is 0 Å². The molecule has 4 rings (SSSR count). The minimum atomic E-state index is -4.60. The summed E-state index contributed by atoms with van der Waals surface area (Å²) in [6.45, 7) is 0.